The van der Waals surface area contributed by atoms with E-state index in [1.807, 2.05) is 6.07 Å². The van der Waals surface area contributed by atoms with Crippen molar-refractivity contribution in [2.45, 2.75) is 12.5 Å². The quantitative estimate of drug-likeness (QED) is 0.583. The molecule has 0 aliphatic carbocycles. The summed E-state index contributed by atoms with van der Waals surface area (Å²) >= 11 is 0. The second-order valence-corrected chi connectivity index (χ2v) is 6.48. The van der Waals surface area contributed by atoms with Crippen LogP contribution in [-0.2, 0) is 0 Å². The summed E-state index contributed by atoms with van der Waals surface area (Å²) in [6.45, 7) is 0.404. The van der Waals surface area contributed by atoms with E-state index in [1.165, 1.54) is 16.6 Å². The molecule has 0 bridgehead atoms. The van der Waals surface area contributed by atoms with Crippen LogP contribution in [0.5, 0.6) is 5.75 Å². The van der Waals surface area contributed by atoms with Crippen LogP contribution in [0.3, 0.4) is 0 Å². The Morgan fingerprint density at radius 3 is 2.71 bits per heavy atom. The fraction of sp³-hybridized carbons (Fsp3) is 0.150. The van der Waals surface area contributed by atoms with Gasteiger partial charge in [-0.15, -0.1) is 15.3 Å². The van der Waals surface area contributed by atoms with Crippen molar-refractivity contribution in [3.8, 4) is 17.1 Å². The van der Waals surface area contributed by atoms with E-state index in [9.17, 15) is 8.78 Å². The van der Waals surface area contributed by atoms with Crippen LogP contribution in [0, 0.1) is 11.6 Å². The molecular weight excluding hydrogens is 364 g/mol. The summed E-state index contributed by atoms with van der Waals surface area (Å²) in [6, 6.07) is 14.6. The molecule has 6 nitrogen and oxygen atoms in total. The molecule has 0 amide bonds. The second kappa shape index (κ2) is 6.56. The molecule has 2 aromatic heterocycles. The number of anilines is 1. The van der Waals surface area contributed by atoms with Crippen LogP contribution >= 0.6 is 0 Å². The van der Waals surface area contributed by atoms with Crippen molar-refractivity contribution in [1.82, 2.24) is 19.8 Å². The zero-order valence-electron chi connectivity index (χ0n) is 14.6. The monoisotopic (exact) mass is 379 g/mol. The van der Waals surface area contributed by atoms with Gasteiger partial charge in [0, 0.05) is 12.0 Å². The van der Waals surface area contributed by atoms with Gasteiger partial charge < -0.3 is 10.1 Å². The molecule has 140 valence electrons. The van der Waals surface area contributed by atoms with Crippen molar-refractivity contribution < 1.29 is 13.5 Å². The Morgan fingerprint density at radius 2 is 1.82 bits per heavy atom. The maximum atomic E-state index is 14.2. The normalized spacial score (nSPS) is 15.9. The van der Waals surface area contributed by atoms with E-state index in [4.69, 9.17) is 4.74 Å². The molecule has 1 aliphatic rings. The molecule has 3 heterocycles. The van der Waals surface area contributed by atoms with Crippen molar-refractivity contribution >= 4 is 11.5 Å². The van der Waals surface area contributed by atoms with Gasteiger partial charge in [0.2, 0.25) is 0 Å². The molecule has 1 aliphatic heterocycles. The summed E-state index contributed by atoms with van der Waals surface area (Å²) in [5, 5.41) is 16.0. The lowest BCUT2D eigenvalue weighted by Crippen LogP contribution is -2.22. The van der Waals surface area contributed by atoms with Crippen LogP contribution in [0.4, 0.5) is 14.6 Å². The highest BCUT2D eigenvalue weighted by Gasteiger charge is 2.24. The molecule has 1 N–H and O–H groups in total. The molecule has 0 spiro atoms. The number of hydrogen-bond acceptors (Lipinski definition) is 5. The van der Waals surface area contributed by atoms with Crippen LogP contribution in [0.15, 0.2) is 54.6 Å². The van der Waals surface area contributed by atoms with Crippen LogP contribution in [0.25, 0.3) is 17.0 Å². The Balaban J connectivity index is 1.53. The molecule has 1 atom stereocenters. The Bertz CT molecular complexity index is 1180. The minimum Gasteiger partial charge on any atom is -0.490 e. The Morgan fingerprint density at radius 1 is 0.964 bits per heavy atom. The predicted molar refractivity (Wildman–Crippen MR) is 99.1 cm³/mol. The molecule has 0 radical (unpaired) electrons. The third-order valence-electron chi connectivity index (χ3n) is 4.73. The van der Waals surface area contributed by atoms with Gasteiger partial charge in [-0.3, -0.25) is 0 Å². The summed E-state index contributed by atoms with van der Waals surface area (Å²) in [5.41, 5.74) is 1.56. The fourth-order valence-electron chi connectivity index (χ4n) is 3.39. The van der Waals surface area contributed by atoms with Gasteiger partial charge in [0.25, 0.3) is 0 Å². The van der Waals surface area contributed by atoms with Gasteiger partial charge in [-0.05, 0) is 30.3 Å². The minimum atomic E-state index is -0.397. The van der Waals surface area contributed by atoms with Crippen LogP contribution in [-0.4, -0.2) is 26.4 Å². The van der Waals surface area contributed by atoms with Gasteiger partial charge in [-0.2, -0.15) is 4.52 Å². The number of benzene rings is 2. The predicted octanol–water partition coefficient (Wildman–Crippen LogP) is 4.01. The average Bonchev–Trinajstić information content (AvgIpc) is 3.12. The van der Waals surface area contributed by atoms with Gasteiger partial charge in [-0.25, -0.2) is 8.78 Å². The fourth-order valence-corrected chi connectivity index (χ4v) is 3.39. The molecular formula is C20H15F2N5O. The number of fused-ring (bicyclic) bond motifs is 2. The van der Waals surface area contributed by atoms with Gasteiger partial charge in [0.05, 0.1) is 18.2 Å². The highest BCUT2D eigenvalue weighted by molar-refractivity contribution is 5.60. The summed E-state index contributed by atoms with van der Waals surface area (Å²) in [5.74, 6) is 0.352. The third-order valence-corrected chi connectivity index (χ3v) is 4.73. The van der Waals surface area contributed by atoms with E-state index >= 15 is 0 Å². The van der Waals surface area contributed by atoms with Crippen molar-refractivity contribution in [2.24, 2.45) is 0 Å². The maximum absolute atomic E-state index is 14.2. The van der Waals surface area contributed by atoms with Crippen LogP contribution < -0.4 is 10.1 Å². The van der Waals surface area contributed by atoms with Crippen LogP contribution in [0.2, 0.25) is 0 Å². The molecule has 0 unspecified atom stereocenters. The zero-order valence-corrected chi connectivity index (χ0v) is 14.6. The summed E-state index contributed by atoms with van der Waals surface area (Å²) in [7, 11) is 0. The van der Waals surface area contributed by atoms with E-state index in [0.29, 0.717) is 35.9 Å². The molecule has 4 aromatic rings. The first-order valence-corrected chi connectivity index (χ1v) is 8.86. The molecule has 0 saturated carbocycles. The van der Waals surface area contributed by atoms with Crippen molar-refractivity contribution in [1.29, 1.82) is 0 Å². The van der Waals surface area contributed by atoms with Gasteiger partial charge in [0.15, 0.2) is 23.0 Å². The van der Waals surface area contributed by atoms with Crippen molar-refractivity contribution in [3.05, 3.63) is 71.8 Å². The Labute approximate surface area is 158 Å². The molecule has 0 saturated heterocycles. The minimum absolute atomic E-state index is 0.155. The van der Waals surface area contributed by atoms with E-state index in [1.54, 1.807) is 36.4 Å². The lowest BCUT2D eigenvalue weighted by Gasteiger charge is -2.27. The maximum Gasteiger partial charge on any atom is 0.188 e. The largest absolute Gasteiger partial charge is 0.490 e. The molecule has 8 heteroatoms. The number of hydrogen-bond donors (Lipinski definition) is 1. The number of nitrogens with zero attached hydrogens (tertiary/aromatic N) is 4. The first-order chi connectivity index (χ1) is 13.7. The number of ether oxygens (including phenoxy) is 1. The smallest absolute Gasteiger partial charge is 0.188 e. The van der Waals surface area contributed by atoms with Gasteiger partial charge in [-0.1, -0.05) is 24.3 Å². The highest BCUT2D eigenvalue weighted by Crippen LogP contribution is 2.35. The number of halogens is 2. The highest BCUT2D eigenvalue weighted by atomic mass is 19.1. The molecule has 0 fully saturated rings. The van der Waals surface area contributed by atoms with Crippen molar-refractivity contribution in [2.75, 3.05) is 11.9 Å². The standard InChI is InChI=1S/C20H15F2N5O/c21-14-6-2-1-4-12(14)20-25-24-18-9-8-17(26-27(18)20)23-16-10-11-28-19-13(16)5-3-7-15(19)22/h1-9,16H,10-11H2,(H,23,26)/t16-/m0/s1. The van der Waals surface area contributed by atoms with Gasteiger partial charge >= 0.3 is 0 Å². The molecule has 28 heavy (non-hydrogen) atoms. The number of para-hydroxylation sites is 1. The van der Waals surface area contributed by atoms with E-state index < -0.39 is 5.82 Å². The van der Waals surface area contributed by atoms with E-state index in [-0.39, 0.29) is 17.6 Å². The van der Waals surface area contributed by atoms with Crippen LogP contribution in [0.1, 0.15) is 18.0 Å². The first kappa shape index (κ1) is 16.6. The number of aromatic nitrogens is 4. The molecule has 2 aromatic carbocycles. The number of rotatable bonds is 3. The first-order valence-electron chi connectivity index (χ1n) is 8.86. The number of nitrogens with one attached hydrogen (secondary N) is 1. The summed E-state index contributed by atoms with van der Waals surface area (Å²) < 4.78 is 35.1. The molecule has 5 rings (SSSR count). The third kappa shape index (κ3) is 2.74. The second-order valence-electron chi connectivity index (χ2n) is 6.48. The van der Waals surface area contributed by atoms with E-state index in [0.717, 1.165) is 5.56 Å². The Kier molecular flexibility index (Phi) is 3.89. The van der Waals surface area contributed by atoms with E-state index in [2.05, 4.69) is 20.6 Å². The SMILES string of the molecule is Fc1ccccc1-c1nnc2ccc(N[C@H]3CCOc4c(F)cccc43)nn12. The van der Waals surface area contributed by atoms with Gasteiger partial charge in [0.1, 0.15) is 11.6 Å². The zero-order chi connectivity index (χ0) is 19.1. The summed E-state index contributed by atoms with van der Waals surface area (Å²) in [4.78, 5) is 0. The lowest BCUT2D eigenvalue weighted by atomic mass is 10.0. The van der Waals surface area contributed by atoms with Crippen molar-refractivity contribution in [3.63, 3.8) is 0 Å². The lowest BCUT2D eigenvalue weighted by molar-refractivity contribution is 0.260. The Hall–Kier alpha value is -3.55. The topological polar surface area (TPSA) is 64.3 Å². The summed E-state index contributed by atoms with van der Waals surface area (Å²) in [6.07, 6.45) is 0.665. The average molecular weight is 379 g/mol.